The Morgan fingerprint density at radius 2 is 1.86 bits per heavy atom. The van der Waals surface area contributed by atoms with Crippen LogP contribution in [0.4, 0.5) is 4.79 Å². The van der Waals surface area contributed by atoms with Crippen molar-refractivity contribution < 1.29 is 32.5 Å². The molecule has 1 fully saturated rings. The molecule has 2 aromatic carbocycles. The maximum atomic E-state index is 13.5. The van der Waals surface area contributed by atoms with Crippen molar-refractivity contribution in [2.24, 2.45) is 5.92 Å². The molecule has 9 nitrogen and oxygen atoms in total. The van der Waals surface area contributed by atoms with Crippen LogP contribution in [0.3, 0.4) is 0 Å². The standard InChI is InChI=1S/C25H34N2O7S2/c1-18(2)15-27(36(30,31)22-11-9-19(32-3)10-12-22)16-23(28)24(35-21-7-5-4-6-8-21)26-25(29)34-20-13-14-33-17-20/h4-12,18,20,23-24,28H,13-17H2,1-3H3,(H,26,29)/t20-,23?,24?/m0/s1. The minimum atomic E-state index is -3.92. The van der Waals surface area contributed by atoms with Gasteiger partial charge in [0.25, 0.3) is 0 Å². The number of methoxy groups -OCH3 is 1. The summed E-state index contributed by atoms with van der Waals surface area (Å²) < 4.78 is 44.0. The number of carbonyl (C=O) groups is 1. The van der Waals surface area contributed by atoms with Gasteiger partial charge in [0, 0.05) is 24.4 Å². The molecule has 0 aromatic heterocycles. The Morgan fingerprint density at radius 3 is 2.44 bits per heavy atom. The minimum Gasteiger partial charge on any atom is -0.497 e. The fourth-order valence-corrected chi connectivity index (χ4v) is 6.26. The van der Waals surface area contributed by atoms with E-state index in [1.165, 1.54) is 35.3 Å². The topological polar surface area (TPSA) is 114 Å². The van der Waals surface area contributed by atoms with Gasteiger partial charge in [0.2, 0.25) is 10.0 Å². The molecule has 1 aliphatic rings. The van der Waals surface area contributed by atoms with Crippen LogP contribution in [0.25, 0.3) is 0 Å². The van der Waals surface area contributed by atoms with Crippen molar-refractivity contribution in [3.05, 3.63) is 54.6 Å². The number of ether oxygens (including phenoxy) is 3. The smallest absolute Gasteiger partial charge is 0.408 e. The number of hydrogen-bond donors (Lipinski definition) is 2. The van der Waals surface area contributed by atoms with Gasteiger partial charge in [-0.15, -0.1) is 0 Å². The Labute approximate surface area is 217 Å². The van der Waals surface area contributed by atoms with E-state index >= 15 is 0 Å². The van der Waals surface area contributed by atoms with Crippen molar-refractivity contribution in [3.63, 3.8) is 0 Å². The highest BCUT2D eigenvalue weighted by Gasteiger charge is 2.32. The molecule has 1 amide bonds. The Morgan fingerprint density at radius 1 is 1.17 bits per heavy atom. The number of carbonyl (C=O) groups excluding carboxylic acids is 1. The number of hydrogen-bond acceptors (Lipinski definition) is 8. The summed E-state index contributed by atoms with van der Waals surface area (Å²) in [4.78, 5) is 13.5. The van der Waals surface area contributed by atoms with E-state index in [4.69, 9.17) is 14.2 Å². The lowest BCUT2D eigenvalue weighted by Crippen LogP contribution is -2.49. The predicted octanol–water partition coefficient (Wildman–Crippen LogP) is 3.34. The highest BCUT2D eigenvalue weighted by molar-refractivity contribution is 8.00. The van der Waals surface area contributed by atoms with Crippen LogP contribution in [0.15, 0.2) is 64.4 Å². The Kier molecular flexibility index (Phi) is 10.4. The van der Waals surface area contributed by atoms with Crippen LogP contribution < -0.4 is 10.1 Å². The van der Waals surface area contributed by atoms with E-state index < -0.39 is 27.6 Å². The van der Waals surface area contributed by atoms with Gasteiger partial charge in [0.1, 0.15) is 17.2 Å². The van der Waals surface area contributed by atoms with E-state index in [-0.39, 0.29) is 30.0 Å². The molecule has 0 radical (unpaired) electrons. The first-order valence-electron chi connectivity index (χ1n) is 11.8. The molecule has 0 saturated carbocycles. The van der Waals surface area contributed by atoms with E-state index in [0.29, 0.717) is 25.4 Å². The summed E-state index contributed by atoms with van der Waals surface area (Å²) in [7, 11) is -2.41. The number of nitrogens with zero attached hydrogens (tertiary/aromatic N) is 1. The predicted molar refractivity (Wildman–Crippen MR) is 138 cm³/mol. The van der Waals surface area contributed by atoms with Gasteiger partial charge in [-0.3, -0.25) is 0 Å². The third-order valence-electron chi connectivity index (χ3n) is 5.43. The second kappa shape index (κ2) is 13.3. The van der Waals surface area contributed by atoms with Gasteiger partial charge < -0.3 is 24.6 Å². The number of aliphatic hydroxyl groups is 1. The van der Waals surface area contributed by atoms with E-state index in [9.17, 15) is 18.3 Å². The molecule has 1 heterocycles. The van der Waals surface area contributed by atoms with Gasteiger partial charge in [0.05, 0.1) is 31.3 Å². The Bertz CT molecular complexity index is 1060. The van der Waals surface area contributed by atoms with Crippen LogP contribution in [0.2, 0.25) is 0 Å². The molecule has 2 unspecified atom stereocenters. The quantitative estimate of drug-likeness (QED) is 0.312. The zero-order chi connectivity index (χ0) is 26.1. The van der Waals surface area contributed by atoms with Crippen molar-refractivity contribution in [3.8, 4) is 5.75 Å². The third-order valence-corrected chi connectivity index (χ3v) is 8.51. The molecule has 1 saturated heterocycles. The second-order valence-corrected chi connectivity index (χ2v) is 12.0. The van der Waals surface area contributed by atoms with Crippen molar-refractivity contribution in [1.29, 1.82) is 0 Å². The van der Waals surface area contributed by atoms with Crippen molar-refractivity contribution >= 4 is 27.9 Å². The van der Waals surface area contributed by atoms with Crippen LogP contribution in [0, 0.1) is 5.92 Å². The third kappa shape index (κ3) is 8.10. The summed E-state index contributed by atoms with van der Waals surface area (Å²) in [5, 5.41) is 13.1. The van der Waals surface area contributed by atoms with Gasteiger partial charge in [0.15, 0.2) is 0 Å². The second-order valence-electron chi connectivity index (χ2n) is 8.85. The summed E-state index contributed by atoms with van der Waals surface area (Å²) in [6, 6.07) is 15.4. The first-order chi connectivity index (χ1) is 17.2. The van der Waals surface area contributed by atoms with Crippen molar-refractivity contribution in [2.45, 2.75) is 47.6 Å². The molecule has 11 heteroatoms. The maximum absolute atomic E-state index is 13.5. The van der Waals surface area contributed by atoms with E-state index in [0.717, 1.165) is 4.90 Å². The normalized spacial score (nSPS) is 17.7. The van der Waals surface area contributed by atoms with Crippen LogP contribution in [0.5, 0.6) is 5.75 Å². The summed E-state index contributed by atoms with van der Waals surface area (Å²) in [6.45, 7) is 4.63. The number of alkyl carbamates (subject to hydrolysis) is 1. The number of nitrogens with one attached hydrogen (secondary N) is 1. The van der Waals surface area contributed by atoms with Crippen LogP contribution in [-0.2, 0) is 19.5 Å². The molecule has 36 heavy (non-hydrogen) atoms. The zero-order valence-corrected chi connectivity index (χ0v) is 22.3. The van der Waals surface area contributed by atoms with Gasteiger partial charge in [-0.05, 0) is 42.3 Å². The monoisotopic (exact) mass is 538 g/mol. The fraction of sp³-hybridized carbons (Fsp3) is 0.480. The van der Waals surface area contributed by atoms with Crippen LogP contribution >= 0.6 is 11.8 Å². The molecule has 3 rings (SSSR count). The number of amides is 1. The van der Waals surface area contributed by atoms with Crippen LogP contribution in [0.1, 0.15) is 20.3 Å². The summed E-state index contributed by atoms with van der Waals surface area (Å²) >= 11 is 1.22. The molecule has 0 bridgehead atoms. The molecule has 2 N–H and O–H groups in total. The number of rotatable bonds is 12. The number of thioether (sulfide) groups is 1. The van der Waals surface area contributed by atoms with Gasteiger partial charge in [-0.2, -0.15) is 4.31 Å². The van der Waals surface area contributed by atoms with Crippen LogP contribution in [-0.4, -0.2) is 74.9 Å². The average molecular weight is 539 g/mol. The fourth-order valence-electron chi connectivity index (χ4n) is 3.64. The molecule has 198 valence electrons. The first-order valence-corrected chi connectivity index (χ1v) is 14.1. The minimum absolute atomic E-state index is 0.00532. The van der Waals surface area contributed by atoms with Gasteiger partial charge in [-0.25, -0.2) is 13.2 Å². The lowest BCUT2D eigenvalue weighted by molar-refractivity contribution is 0.0743. The summed E-state index contributed by atoms with van der Waals surface area (Å²) in [5.41, 5.74) is 0. The largest absolute Gasteiger partial charge is 0.497 e. The Hall–Kier alpha value is -2.31. The molecule has 0 spiro atoms. The maximum Gasteiger partial charge on any atom is 0.408 e. The van der Waals surface area contributed by atoms with E-state index in [1.54, 1.807) is 12.1 Å². The van der Waals surface area contributed by atoms with Gasteiger partial charge in [-0.1, -0.05) is 43.8 Å². The first kappa shape index (κ1) is 28.3. The highest BCUT2D eigenvalue weighted by atomic mass is 32.2. The average Bonchev–Trinajstić information content (AvgIpc) is 3.36. The Balaban J connectivity index is 1.80. The number of benzene rings is 2. The number of aliphatic hydroxyl groups excluding tert-OH is 1. The summed E-state index contributed by atoms with van der Waals surface area (Å²) in [5.74, 6) is 0.546. The molecule has 3 atom stereocenters. The highest BCUT2D eigenvalue weighted by Crippen LogP contribution is 2.27. The van der Waals surface area contributed by atoms with E-state index in [2.05, 4.69) is 5.32 Å². The van der Waals surface area contributed by atoms with Gasteiger partial charge >= 0.3 is 6.09 Å². The molecular formula is C25H34N2O7S2. The summed E-state index contributed by atoms with van der Waals surface area (Å²) in [6.07, 6.45) is -1.66. The van der Waals surface area contributed by atoms with Crippen molar-refractivity contribution in [2.75, 3.05) is 33.4 Å². The molecule has 2 aromatic rings. The molecule has 0 aliphatic carbocycles. The number of sulfonamides is 1. The van der Waals surface area contributed by atoms with Crippen molar-refractivity contribution in [1.82, 2.24) is 9.62 Å². The molecule has 1 aliphatic heterocycles. The lowest BCUT2D eigenvalue weighted by atomic mass is 10.2. The zero-order valence-electron chi connectivity index (χ0n) is 20.7. The SMILES string of the molecule is COc1ccc(S(=O)(=O)N(CC(C)C)CC(O)C(NC(=O)O[C@H]2CCOC2)Sc2ccccc2)cc1. The van der Waals surface area contributed by atoms with E-state index in [1.807, 2.05) is 44.2 Å². The molecular weight excluding hydrogens is 504 g/mol. The lowest BCUT2D eigenvalue weighted by Gasteiger charge is -2.30.